The molecule has 0 amide bonds. The van der Waals surface area contributed by atoms with Crippen LogP contribution in [0.15, 0.2) is 18.2 Å². The predicted octanol–water partition coefficient (Wildman–Crippen LogP) is 3.65. The van der Waals surface area contributed by atoms with Crippen molar-refractivity contribution in [3.63, 3.8) is 0 Å². The van der Waals surface area contributed by atoms with Gasteiger partial charge in [0.25, 0.3) is 5.69 Å². The third kappa shape index (κ3) is 3.62. The smallest absolute Gasteiger partial charge is 0.273 e. The topological polar surface area (TPSA) is 58.4 Å². The lowest BCUT2D eigenvalue weighted by molar-refractivity contribution is -0.384. The predicted molar refractivity (Wildman–Crippen MR) is 82.5 cm³/mol. The van der Waals surface area contributed by atoms with Gasteiger partial charge in [-0.15, -0.1) is 0 Å². The van der Waals surface area contributed by atoms with Crippen molar-refractivity contribution in [2.75, 3.05) is 30.4 Å². The lowest BCUT2D eigenvalue weighted by Crippen LogP contribution is -2.24. The number of nitrogens with one attached hydrogen (secondary N) is 1. The van der Waals surface area contributed by atoms with Crippen LogP contribution in [0.2, 0.25) is 0 Å². The zero-order valence-corrected chi connectivity index (χ0v) is 12.3. The minimum absolute atomic E-state index is 0.150. The van der Waals surface area contributed by atoms with Gasteiger partial charge in [-0.25, -0.2) is 0 Å². The third-order valence-corrected chi connectivity index (χ3v) is 3.94. The highest BCUT2D eigenvalue weighted by Crippen LogP contribution is 2.30. The van der Waals surface area contributed by atoms with Crippen molar-refractivity contribution in [3.8, 4) is 0 Å². The molecule has 110 valence electrons. The number of hydrogen-bond acceptors (Lipinski definition) is 4. The molecule has 1 aliphatic rings. The van der Waals surface area contributed by atoms with Gasteiger partial charge in [0.2, 0.25) is 0 Å². The van der Waals surface area contributed by atoms with E-state index in [-0.39, 0.29) is 10.6 Å². The van der Waals surface area contributed by atoms with Gasteiger partial charge >= 0.3 is 0 Å². The van der Waals surface area contributed by atoms with Crippen LogP contribution < -0.4 is 10.2 Å². The maximum absolute atomic E-state index is 11.0. The van der Waals surface area contributed by atoms with Gasteiger partial charge in [-0.2, -0.15) is 0 Å². The molecular formula is C15H23N3O2. The number of nitro groups is 1. The molecule has 0 unspecified atom stereocenters. The first-order chi connectivity index (χ1) is 9.60. The summed E-state index contributed by atoms with van der Waals surface area (Å²) in [5.74, 6) is 0.724. The zero-order valence-electron chi connectivity index (χ0n) is 12.3. The van der Waals surface area contributed by atoms with Gasteiger partial charge in [-0.3, -0.25) is 10.1 Å². The maximum atomic E-state index is 11.0. The summed E-state index contributed by atoms with van der Waals surface area (Å²) in [6, 6.07) is 5.25. The van der Waals surface area contributed by atoms with Crippen molar-refractivity contribution in [1.29, 1.82) is 0 Å². The van der Waals surface area contributed by atoms with Crippen molar-refractivity contribution in [1.82, 2.24) is 0 Å². The van der Waals surface area contributed by atoms with Crippen LogP contribution in [0, 0.1) is 16.0 Å². The Labute approximate surface area is 120 Å². The Balaban J connectivity index is 2.17. The van der Waals surface area contributed by atoms with Crippen LogP contribution >= 0.6 is 0 Å². The number of nitro benzene ring substituents is 1. The molecule has 0 aromatic heterocycles. The van der Waals surface area contributed by atoms with E-state index in [0.717, 1.165) is 30.4 Å². The molecule has 0 atom stereocenters. The molecule has 5 heteroatoms. The molecule has 20 heavy (non-hydrogen) atoms. The zero-order chi connectivity index (χ0) is 14.5. The second-order valence-electron chi connectivity index (χ2n) is 5.56. The van der Waals surface area contributed by atoms with E-state index >= 15 is 0 Å². The Hall–Kier alpha value is -1.78. The monoisotopic (exact) mass is 277 g/mol. The Morgan fingerprint density at radius 2 is 2.05 bits per heavy atom. The average Bonchev–Trinajstić information content (AvgIpc) is 2.91. The molecule has 1 fully saturated rings. The molecule has 0 radical (unpaired) electrons. The van der Waals surface area contributed by atoms with E-state index in [1.807, 2.05) is 20.0 Å². The molecule has 0 heterocycles. The van der Waals surface area contributed by atoms with Gasteiger partial charge in [0.05, 0.1) is 4.92 Å². The fourth-order valence-electron chi connectivity index (χ4n) is 2.91. The lowest BCUT2D eigenvalue weighted by atomic mass is 10.1. The highest BCUT2D eigenvalue weighted by atomic mass is 16.6. The van der Waals surface area contributed by atoms with Gasteiger partial charge in [-0.05, 0) is 31.7 Å². The van der Waals surface area contributed by atoms with Gasteiger partial charge in [-0.1, -0.05) is 12.8 Å². The van der Waals surface area contributed by atoms with Crippen LogP contribution in [0.5, 0.6) is 0 Å². The summed E-state index contributed by atoms with van der Waals surface area (Å²) in [7, 11) is 2.02. The molecular weight excluding hydrogens is 254 g/mol. The van der Waals surface area contributed by atoms with E-state index in [2.05, 4.69) is 10.2 Å². The van der Waals surface area contributed by atoms with Crippen LogP contribution in [0.1, 0.15) is 32.6 Å². The second kappa shape index (κ2) is 6.59. The fourth-order valence-corrected chi connectivity index (χ4v) is 2.91. The maximum Gasteiger partial charge on any atom is 0.273 e. The average molecular weight is 277 g/mol. The molecule has 0 saturated heterocycles. The summed E-state index contributed by atoms with van der Waals surface area (Å²) in [4.78, 5) is 12.9. The summed E-state index contributed by atoms with van der Waals surface area (Å²) in [5.41, 5.74) is 1.88. The Morgan fingerprint density at radius 1 is 1.35 bits per heavy atom. The van der Waals surface area contributed by atoms with E-state index in [1.165, 1.54) is 25.7 Å². The molecule has 1 aromatic rings. The van der Waals surface area contributed by atoms with E-state index in [1.54, 1.807) is 12.1 Å². The van der Waals surface area contributed by atoms with Crippen molar-refractivity contribution in [3.05, 3.63) is 28.3 Å². The van der Waals surface area contributed by atoms with Gasteiger partial charge in [0, 0.05) is 43.6 Å². The first kappa shape index (κ1) is 14.6. The number of non-ortho nitro benzene ring substituents is 1. The largest absolute Gasteiger partial charge is 0.385 e. The minimum atomic E-state index is -0.326. The Morgan fingerprint density at radius 3 is 2.65 bits per heavy atom. The van der Waals surface area contributed by atoms with Crippen molar-refractivity contribution < 1.29 is 4.92 Å². The normalized spacial score (nSPS) is 15.3. The van der Waals surface area contributed by atoms with Crippen molar-refractivity contribution in [2.45, 2.75) is 32.6 Å². The summed E-state index contributed by atoms with van der Waals surface area (Å²) in [6.45, 7) is 3.72. The molecule has 1 aromatic carbocycles. The first-order valence-electron chi connectivity index (χ1n) is 7.34. The summed E-state index contributed by atoms with van der Waals surface area (Å²) >= 11 is 0. The van der Waals surface area contributed by atoms with E-state index in [4.69, 9.17) is 0 Å². The summed E-state index contributed by atoms with van der Waals surface area (Å²) < 4.78 is 0. The molecule has 0 bridgehead atoms. The van der Waals surface area contributed by atoms with Crippen LogP contribution in [-0.2, 0) is 0 Å². The minimum Gasteiger partial charge on any atom is -0.385 e. The van der Waals surface area contributed by atoms with Crippen molar-refractivity contribution in [2.24, 2.45) is 5.92 Å². The van der Waals surface area contributed by atoms with Crippen LogP contribution in [0.3, 0.4) is 0 Å². The number of anilines is 2. The fraction of sp³-hybridized carbons (Fsp3) is 0.600. The van der Waals surface area contributed by atoms with E-state index in [0.29, 0.717) is 0 Å². The highest BCUT2D eigenvalue weighted by Gasteiger charge is 2.18. The van der Waals surface area contributed by atoms with Crippen LogP contribution in [-0.4, -0.2) is 25.1 Å². The summed E-state index contributed by atoms with van der Waals surface area (Å²) in [6.07, 6.45) is 5.19. The van der Waals surface area contributed by atoms with Crippen molar-refractivity contribution >= 4 is 17.1 Å². The molecule has 5 nitrogen and oxygen atoms in total. The molecule has 0 aliphatic heterocycles. The number of benzene rings is 1. The standard InChI is InChI=1S/C15H23N3O2/c1-3-16-13-8-14(10-15(9-13)18(19)20)17(2)11-12-6-4-5-7-12/h8-10,12,16H,3-7,11H2,1-2H3. The number of hydrogen-bond donors (Lipinski definition) is 1. The molecule has 0 spiro atoms. The van der Waals surface area contributed by atoms with Gasteiger partial charge in [0.15, 0.2) is 0 Å². The van der Waals surface area contributed by atoms with Gasteiger partial charge < -0.3 is 10.2 Å². The first-order valence-corrected chi connectivity index (χ1v) is 7.34. The van der Waals surface area contributed by atoms with E-state index < -0.39 is 0 Å². The molecule has 2 rings (SSSR count). The van der Waals surface area contributed by atoms with E-state index in [9.17, 15) is 10.1 Å². The number of nitrogens with zero attached hydrogens (tertiary/aromatic N) is 2. The highest BCUT2D eigenvalue weighted by molar-refractivity contribution is 5.64. The Bertz CT molecular complexity index is 470. The SMILES string of the molecule is CCNc1cc(N(C)CC2CCCC2)cc([N+](=O)[O-])c1. The van der Waals surface area contributed by atoms with Crippen LogP contribution in [0.4, 0.5) is 17.1 Å². The Kier molecular flexibility index (Phi) is 4.82. The molecule has 1 saturated carbocycles. The molecule has 1 N–H and O–H groups in total. The van der Waals surface area contributed by atoms with Gasteiger partial charge in [0.1, 0.15) is 0 Å². The van der Waals surface area contributed by atoms with Crippen LogP contribution in [0.25, 0.3) is 0 Å². The summed E-state index contributed by atoms with van der Waals surface area (Å²) in [5, 5.41) is 14.2. The third-order valence-electron chi connectivity index (χ3n) is 3.94. The lowest BCUT2D eigenvalue weighted by Gasteiger charge is -2.23. The number of rotatable bonds is 6. The quantitative estimate of drug-likeness (QED) is 0.637. The molecule has 1 aliphatic carbocycles. The second-order valence-corrected chi connectivity index (χ2v) is 5.56.